The molecule has 0 bridgehead atoms. The second kappa shape index (κ2) is 18.7. The van der Waals surface area contributed by atoms with Crippen molar-refractivity contribution in [3.05, 3.63) is 11.8 Å². The Hall–Kier alpha value is -2.00. The maximum absolute atomic E-state index is 11.5. The van der Waals surface area contributed by atoms with E-state index < -0.39 is 136 Å². The van der Waals surface area contributed by atoms with Crippen LogP contribution in [0.25, 0.3) is 0 Å². The van der Waals surface area contributed by atoms with Gasteiger partial charge in [-0.3, -0.25) is 9.59 Å². The molecule has 2 unspecified atom stereocenters. The summed E-state index contributed by atoms with van der Waals surface area (Å²) in [6.45, 7) is 0.423. The number of amides is 1. The third kappa shape index (κ3) is 10.5. The van der Waals surface area contributed by atoms with Crippen LogP contribution in [-0.2, 0) is 33.3 Å². The summed E-state index contributed by atoms with van der Waals surface area (Å²) in [5.41, 5.74) is 0. The van der Waals surface area contributed by atoms with Crippen LogP contribution >= 0.6 is 0 Å². The molecule has 0 aromatic rings. The Morgan fingerprint density at radius 1 is 0.787 bits per heavy atom. The molecule has 274 valence electrons. The molecule has 21 nitrogen and oxygen atoms in total. The quantitative estimate of drug-likeness (QED) is 0.0706. The molecule has 14 N–H and O–H groups in total. The smallest absolute Gasteiger partial charge is 0.217 e. The van der Waals surface area contributed by atoms with Gasteiger partial charge in [-0.25, -0.2) is 0 Å². The fourth-order valence-corrected chi connectivity index (χ4v) is 4.80. The fourth-order valence-electron chi connectivity index (χ4n) is 4.80. The number of aliphatic hydroxyl groups is 13. The predicted octanol–water partition coefficient (Wildman–Crippen LogP) is -8.06. The largest absolute Gasteiger partial charge is 0.509 e. The minimum atomic E-state index is -1.82. The Labute approximate surface area is 267 Å². The molecule has 3 aliphatic rings. The van der Waals surface area contributed by atoms with Gasteiger partial charge in [0.25, 0.3) is 0 Å². The molecule has 3 fully saturated rings. The van der Waals surface area contributed by atoms with Crippen molar-refractivity contribution in [1.82, 2.24) is 5.32 Å². The number of ether oxygens (including phenoxy) is 5. The van der Waals surface area contributed by atoms with E-state index in [0.29, 0.717) is 0 Å². The average molecular weight is 692 g/mol. The van der Waals surface area contributed by atoms with Crippen molar-refractivity contribution in [3.63, 3.8) is 0 Å². The van der Waals surface area contributed by atoms with Crippen LogP contribution in [0.5, 0.6) is 0 Å². The van der Waals surface area contributed by atoms with E-state index >= 15 is 0 Å². The fraction of sp³-hybridized carbons (Fsp3) is 0.846. The van der Waals surface area contributed by atoms with Gasteiger partial charge in [-0.2, -0.15) is 0 Å². The van der Waals surface area contributed by atoms with Crippen molar-refractivity contribution in [2.45, 2.75) is 118 Å². The summed E-state index contributed by atoms with van der Waals surface area (Å²) in [5, 5.41) is 128. The van der Waals surface area contributed by atoms with Crippen LogP contribution in [-0.4, -0.2) is 203 Å². The molecule has 47 heavy (non-hydrogen) atoms. The first kappa shape index (κ1) is 41.2. The summed E-state index contributed by atoms with van der Waals surface area (Å²) in [6.07, 6.45) is -24.1. The summed E-state index contributed by atoms with van der Waals surface area (Å²) in [5.74, 6) is -1.28. The van der Waals surface area contributed by atoms with Gasteiger partial charge in [0.15, 0.2) is 31.3 Å². The highest BCUT2D eigenvalue weighted by Crippen LogP contribution is 2.32. The van der Waals surface area contributed by atoms with Crippen LogP contribution in [0.2, 0.25) is 0 Å². The second-order valence-corrected chi connectivity index (χ2v) is 11.0. The van der Waals surface area contributed by atoms with Crippen molar-refractivity contribution in [2.24, 2.45) is 0 Å². The van der Waals surface area contributed by atoms with Crippen molar-refractivity contribution in [3.8, 4) is 0 Å². The molecule has 3 rings (SSSR count). The molecule has 1 amide bonds. The van der Waals surface area contributed by atoms with Gasteiger partial charge < -0.3 is 95.4 Å². The lowest BCUT2D eigenvalue weighted by molar-refractivity contribution is -0.382. The van der Waals surface area contributed by atoms with E-state index in [1.165, 1.54) is 6.92 Å². The van der Waals surface area contributed by atoms with Gasteiger partial charge >= 0.3 is 0 Å². The molecular formula is C26H45NO20. The number of rotatable bonds is 11. The summed E-state index contributed by atoms with van der Waals surface area (Å²) < 4.78 is 27.5. The highest BCUT2D eigenvalue weighted by Gasteiger charge is 2.53. The third-order valence-corrected chi connectivity index (χ3v) is 7.44. The van der Waals surface area contributed by atoms with Crippen molar-refractivity contribution < 1.29 is 99.7 Å². The Morgan fingerprint density at radius 3 is 1.91 bits per heavy atom. The summed E-state index contributed by atoms with van der Waals surface area (Å²) >= 11 is 0. The molecular weight excluding hydrogens is 646 g/mol. The molecule has 0 aromatic heterocycles. The molecule has 3 aliphatic heterocycles. The second-order valence-electron chi connectivity index (χ2n) is 11.0. The van der Waals surface area contributed by atoms with E-state index in [1.807, 2.05) is 0 Å². The number of nitrogens with one attached hydrogen (secondary N) is 1. The molecule has 0 spiro atoms. The number of carbonyl (C=O) groups excluding carboxylic acids is 2. The molecule has 0 radical (unpaired) electrons. The summed E-state index contributed by atoms with van der Waals surface area (Å²) in [4.78, 5) is 21.3. The molecule has 17 atom stereocenters. The number of aliphatic hydroxyl groups excluding tert-OH is 13. The van der Waals surface area contributed by atoms with E-state index in [1.54, 1.807) is 0 Å². The zero-order valence-corrected chi connectivity index (χ0v) is 25.3. The number of aldehydes is 1. The lowest BCUT2D eigenvalue weighted by Crippen LogP contribution is -2.68. The maximum atomic E-state index is 11.5. The first-order valence-corrected chi connectivity index (χ1v) is 14.4. The van der Waals surface area contributed by atoms with Gasteiger partial charge in [-0.1, -0.05) is 0 Å². The van der Waals surface area contributed by atoms with Crippen LogP contribution in [0.3, 0.4) is 0 Å². The zero-order chi connectivity index (χ0) is 35.7. The SMILES string of the molecule is CC(=O)N[C@@H]1[C@@H](O)[C@H](O[C@@H]2O[C@H](CO)[C@H](O)[C@H](O)[C@H]2O[C@@H]2O[C@@H](C)[C@@H](O)[C@@H](O)[C@@H]2O)[C@@H](CO)O[C@H]1O.O=CC(O)C(O)=CC(O)CO. The standard InChI is InChI=1S/C20H35NO15.C6H10O5/c1-5-10(25)13(28)15(30)19(32-5)36-17-14(29)11(26)7(3-22)34-20(17)35-16-8(4-23)33-18(31)9(12(16)27)21-6(2)24;7-2-4(9)1-5(10)6(11)3-8/h5,7-20,22-23,25-31H,3-4H2,1-2H3,(H,21,24);1,3-4,6-7,9-11H,2H2/t5-,7+,8+,9+,10+,11-,12+,13+,14-,15-,16+,17+,18+,19-,20-;/m0./s1. The van der Waals surface area contributed by atoms with Crippen molar-refractivity contribution in [1.29, 1.82) is 0 Å². The van der Waals surface area contributed by atoms with Crippen LogP contribution < -0.4 is 5.32 Å². The minimum absolute atomic E-state index is 0.107. The Morgan fingerprint density at radius 2 is 1.38 bits per heavy atom. The lowest BCUT2D eigenvalue weighted by atomic mass is 9.95. The minimum Gasteiger partial charge on any atom is -0.509 e. The average Bonchev–Trinajstić information content (AvgIpc) is 3.04. The van der Waals surface area contributed by atoms with E-state index in [-0.39, 0.29) is 6.29 Å². The van der Waals surface area contributed by atoms with Gasteiger partial charge in [0, 0.05) is 6.92 Å². The molecule has 3 saturated heterocycles. The number of hydrogen-bond donors (Lipinski definition) is 14. The third-order valence-electron chi connectivity index (χ3n) is 7.44. The van der Waals surface area contributed by atoms with E-state index in [9.17, 15) is 55.5 Å². The molecule has 0 aromatic carbocycles. The Balaban J connectivity index is 0.000000597. The first-order valence-electron chi connectivity index (χ1n) is 14.4. The van der Waals surface area contributed by atoms with Gasteiger partial charge in [0.2, 0.25) is 5.91 Å². The summed E-state index contributed by atoms with van der Waals surface area (Å²) in [7, 11) is 0. The molecule has 3 heterocycles. The van der Waals surface area contributed by atoms with Crippen LogP contribution in [0.1, 0.15) is 13.8 Å². The highest BCUT2D eigenvalue weighted by molar-refractivity contribution is 5.73. The van der Waals surface area contributed by atoms with E-state index in [4.69, 9.17) is 44.1 Å². The Kier molecular flexibility index (Phi) is 16.4. The first-order chi connectivity index (χ1) is 22.0. The van der Waals surface area contributed by atoms with Crippen LogP contribution in [0.4, 0.5) is 0 Å². The van der Waals surface area contributed by atoms with Gasteiger partial charge in [-0.15, -0.1) is 0 Å². The molecule has 21 heteroatoms. The van der Waals surface area contributed by atoms with Gasteiger partial charge in [-0.05, 0) is 13.0 Å². The normalized spacial score (nSPS) is 42.4. The molecule has 0 saturated carbocycles. The molecule has 0 aliphatic carbocycles. The highest BCUT2D eigenvalue weighted by atomic mass is 16.8. The van der Waals surface area contributed by atoms with Gasteiger partial charge in [0.1, 0.15) is 72.8 Å². The Bertz CT molecular complexity index is 1010. The van der Waals surface area contributed by atoms with Crippen LogP contribution in [0.15, 0.2) is 11.8 Å². The predicted molar refractivity (Wildman–Crippen MR) is 147 cm³/mol. The van der Waals surface area contributed by atoms with Crippen molar-refractivity contribution in [2.75, 3.05) is 19.8 Å². The van der Waals surface area contributed by atoms with Crippen LogP contribution in [0, 0.1) is 0 Å². The number of carbonyl (C=O) groups is 2. The zero-order valence-electron chi connectivity index (χ0n) is 25.3. The lowest BCUT2D eigenvalue weighted by Gasteiger charge is -2.48. The van der Waals surface area contributed by atoms with Gasteiger partial charge in [0.05, 0.1) is 32.0 Å². The maximum Gasteiger partial charge on any atom is 0.217 e. The summed E-state index contributed by atoms with van der Waals surface area (Å²) in [6, 6.07) is -1.39. The van der Waals surface area contributed by atoms with E-state index in [2.05, 4.69) is 5.32 Å². The monoisotopic (exact) mass is 691 g/mol. The number of hydrogen-bond acceptors (Lipinski definition) is 20. The topological polar surface area (TPSA) is 355 Å². The van der Waals surface area contributed by atoms with E-state index in [0.717, 1.165) is 13.0 Å². The van der Waals surface area contributed by atoms with Crippen molar-refractivity contribution >= 4 is 12.2 Å².